The van der Waals surface area contributed by atoms with Crippen LogP contribution in [0.3, 0.4) is 0 Å². The number of benzene rings is 2. The van der Waals surface area contributed by atoms with Crippen molar-refractivity contribution in [2.75, 3.05) is 5.73 Å². The van der Waals surface area contributed by atoms with Gasteiger partial charge in [-0.2, -0.15) is 0 Å². The minimum atomic E-state index is -0.285. The first-order valence-corrected chi connectivity index (χ1v) is 8.48. The SMILES string of the molecule is CC(C)(N)C(C)(C)N.CC(Cc1ccccc1)c1ccccc1N. The Labute approximate surface area is 147 Å². The second-order valence-corrected chi connectivity index (χ2v) is 7.66. The molecule has 0 aliphatic heterocycles. The summed E-state index contributed by atoms with van der Waals surface area (Å²) < 4.78 is 0. The molecule has 2 aromatic rings. The zero-order valence-corrected chi connectivity index (χ0v) is 15.7. The Kier molecular flexibility index (Phi) is 7.00. The second-order valence-electron chi connectivity index (χ2n) is 7.66. The molecule has 0 bridgehead atoms. The van der Waals surface area contributed by atoms with Crippen LogP contribution < -0.4 is 17.2 Å². The van der Waals surface area contributed by atoms with Crippen molar-refractivity contribution in [2.45, 2.75) is 58.0 Å². The summed E-state index contributed by atoms with van der Waals surface area (Å²) in [5, 5.41) is 0. The molecular formula is C21H33N3. The minimum absolute atomic E-state index is 0.285. The van der Waals surface area contributed by atoms with Crippen LogP contribution in [0.25, 0.3) is 0 Å². The van der Waals surface area contributed by atoms with Gasteiger partial charge in [-0.15, -0.1) is 0 Å². The van der Waals surface area contributed by atoms with Crippen molar-refractivity contribution in [3.05, 3.63) is 65.7 Å². The smallest absolute Gasteiger partial charge is 0.0349 e. The van der Waals surface area contributed by atoms with Gasteiger partial charge < -0.3 is 17.2 Å². The predicted octanol–water partition coefficient (Wildman–Crippen LogP) is 4.08. The van der Waals surface area contributed by atoms with Crippen LogP contribution in [0, 0.1) is 0 Å². The third-order valence-corrected chi connectivity index (χ3v) is 4.57. The minimum Gasteiger partial charge on any atom is -0.398 e. The third kappa shape index (κ3) is 6.34. The van der Waals surface area contributed by atoms with Gasteiger partial charge in [-0.3, -0.25) is 0 Å². The van der Waals surface area contributed by atoms with Gasteiger partial charge in [0.2, 0.25) is 0 Å². The van der Waals surface area contributed by atoms with Gasteiger partial charge in [0, 0.05) is 16.8 Å². The molecule has 2 aromatic carbocycles. The Morgan fingerprint density at radius 1 is 0.792 bits per heavy atom. The Morgan fingerprint density at radius 3 is 1.71 bits per heavy atom. The van der Waals surface area contributed by atoms with E-state index in [1.165, 1.54) is 11.1 Å². The van der Waals surface area contributed by atoms with Gasteiger partial charge >= 0.3 is 0 Å². The number of nitrogen functional groups attached to an aromatic ring is 1. The molecule has 0 radical (unpaired) electrons. The van der Waals surface area contributed by atoms with E-state index in [1.54, 1.807) is 0 Å². The summed E-state index contributed by atoms with van der Waals surface area (Å²) in [5.41, 5.74) is 20.3. The highest BCUT2D eigenvalue weighted by Gasteiger charge is 2.28. The third-order valence-electron chi connectivity index (χ3n) is 4.57. The lowest BCUT2D eigenvalue weighted by Crippen LogP contribution is -2.58. The lowest BCUT2D eigenvalue weighted by molar-refractivity contribution is 0.309. The molecule has 0 fully saturated rings. The largest absolute Gasteiger partial charge is 0.398 e. The van der Waals surface area contributed by atoms with E-state index in [0.29, 0.717) is 5.92 Å². The van der Waals surface area contributed by atoms with E-state index in [4.69, 9.17) is 17.2 Å². The van der Waals surface area contributed by atoms with Crippen LogP contribution in [0.1, 0.15) is 51.7 Å². The molecule has 0 spiro atoms. The molecule has 0 saturated carbocycles. The van der Waals surface area contributed by atoms with E-state index < -0.39 is 0 Å². The molecule has 2 rings (SSSR count). The van der Waals surface area contributed by atoms with Crippen LogP contribution in [0.4, 0.5) is 5.69 Å². The van der Waals surface area contributed by atoms with Crippen LogP contribution in [0.15, 0.2) is 54.6 Å². The van der Waals surface area contributed by atoms with Gasteiger partial charge in [0.1, 0.15) is 0 Å². The first-order chi connectivity index (χ1) is 11.0. The van der Waals surface area contributed by atoms with Gasteiger partial charge in [0.15, 0.2) is 0 Å². The number of hydrogen-bond acceptors (Lipinski definition) is 3. The summed E-state index contributed by atoms with van der Waals surface area (Å²) >= 11 is 0. The first kappa shape index (κ1) is 20.2. The molecule has 0 saturated heterocycles. The summed E-state index contributed by atoms with van der Waals surface area (Å²) in [4.78, 5) is 0. The number of para-hydroxylation sites is 1. The number of nitrogens with two attached hydrogens (primary N) is 3. The molecule has 1 unspecified atom stereocenters. The number of rotatable bonds is 4. The molecule has 0 heterocycles. The molecule has 24 heavy (non-hydrogen) atoms. The Hall–Kier alpha value is -1.84. The van der Waals surface area contributed by atoms with Crippen LogP contribution >= 0.6 is 0 Å². The molecule has 3 heteroatoms. The van der Waals surface area contributed by atoms with Crippen LogP contribution in [0.2, 0.25) is 0 Å². The van der Waals surface area contributed by atoms with Crippen LogP contribution in [-0.2, 0) is 6.42 Å². The molecule has 0 aliphatic rings. The lowest BCUT2D eigenvalue weighted by Gasteiger charge is -2.34. The topological polar surface area (TPSA) is 78.1 Å². The fourth-order valence-corrected chi connectivity index (χ4v) is 2.04. The van der Waals surface area contributed by atoms with Crippen molar-refractivity contribution in [1.82, 2.24) is 0 Å². The van der Waals surface area contributed by atoms with Gasteiger partial charge in [-0.05, 0) is 57.2 Å². The van der Waals surface area contributed by atoms with E-state index >= 15 is 0 Å². The highest BCUT2D eigenvalue weighted by Crippen LogP contribution is 2.24. The molecule has 6 N–H and O–H groups in total. The van der Waals surface area contributed by atoms with E-state index in [2.05, 4.69) is 37.3 Å². The summed E-state index contributed by atoms with van der Waals surface area (Å²) in [5.74, 6) is 0.462. The maximum atomic E-state index is 5.98. The van der Waals surface area contributed by atoms with Gasteiger partial charge in [-0.25, -0.2) is 0 Å². The van der Waals surface area contributed by atoms with Crippen LogP contribution in [0.5, 0.6) is 0 Å². The monoisotopic (exact) mass is 327 g/mol. The van der Waals surface area contributed by atoms with Crippen molar-refractivity contribution >= 4 is 5.69 Å². The summed E-state index contributed by atoms with van der Waals surface area (Å²) in [7, 11) is 0. The van der Waals surface area contributed by atoms with Crippen molar-refractivity contribution in [1.29, 1.82) is 0 Å². The molecule has 132 valence electrons. The van der Waals surface area contributed by atoms with E-state index in [-0.39, 0.29) is 11.1 Å². The maximum absolute atomic E-state index is 5.98. The molecule has 0 aliphatic carbocycles. The van der Waals surface area contributed by atoms with Gasteiger partial charge in [-0.1, -0.05) is 55.5 Å². The van der Waals surface area contributed by atoms with Crippen molar-refractivity contribution in [3.8, 4) is 0 Å². The summed E-state index contributed by atoms with van der Waals surface area (Å²) in [6.07, 6.45) is 1.04. The predicted molar refractivity (Wildman–Crippen MR) is 106 cm³/mol. The normalized spacial score (nSPS) is 13.0. The zero-order valence-electron chi connectivity index (χ0n) is 15.7. The number of anilines is 1. The van der Waals surface area contributed by atoms with Crippen molar-refractivity contribution in [3.63, 3.8) is 0 Å². The first-order valence-electron chi connectivity index (χ1n) is 8.48. The molecule has 3 nitrogen and oxygen atoms in total. The Balaban J connectivity index is 0.000000307. The van der Waals surface area contributed by atoms with E-state index in [1.807, 2.05) is 52.0 Å². The fraction of sp³-hybridized carbons (Fsp3) is 0.429. The molecular weight excluding hydrogens is 294 g/mol. The molecule has 1 atom stereocenters. The molecule has 0 aromatic heterocycles. The average molecular weight is 328 g/mol. The fourth-order valence-electron chi connectivity index (χ4n) is 2.04. The summed E-state index contributed by atoms with van der Waals surface area (Å²) in [6, 6.07) is 18.6. The quantitative estimate of drug-likeness (QED) is 0.741. The van der Waals surface area contributed by atoms with Crippen LogP contribution in [-0.4, -0.2) is 11.1 Å². The number of hydrogen-bond donors (Lipinski definition) is 3. The maximum Gasteiger partial charge on any atom is 0.0349 e. The van der Waals surface area contributed by atoms with E-state index in [0.717, 1.165) is 12.1 Å². The van der Waals surface area contributed by atoms with Crippen molar-refractivity contribution in [2.24, 2.45) is 11.5 Å². The lowest BCUT2D eigenvalue weighted by atomic mass is 9.85. The Bertz CT molecular complexity index is 595. The highest BCUT2D eigenvalue weighted by molar-refractivity contribution is 5.48. The molecule has 0 amide bonds. The zero-order chi connectivity index (χ0) is 18.4. The van der Waals surface area contributed by atoms with Gasteiger partial charge in [0.25, 0.3) is 0 Å². The Morgan fingerprint density at radius 2 is 1.25 bits per heavy atom. The summed E-state index contributed by atoms with van der Waals surface area (Å²) in [6.45, 7) is 9.92. The van der Waals surface area contributed by atoms with Crippen molar-refractivity contribution < 1.29 is 0 Å². The highest BCUT2D eigenvalue weighted by atomic mass is 14.9. The second kappa shape index (κ2) is 8.32. The standard InChI is InChI=1S/C15H17N.C6H16N2/c1-12(11-13-7-3-2-4-8-13)14-9-5-6-10-15(14)16;1-5(2,7)6(3,4)8/h2-10,12H,11,16H2,1H3;7-8H2,1-4H3. The van der Waals surface area contributed by atoms with E-state index in [9.17, 15) is 0 Å². The van der Waals surface area contributed by atoms with Gasteiger partial charge in [0.05, 0.1) is 0 Å². The average Bonchev–Trinajstić information content (AvgIpc) is 2.47.